The topological polar surface area (TPSA) is 35.5 Å². The first-order valence-corrected chi connectivity index (χ1v) is 3.67. The molecular weight excluding hydrogens is 128 g/mol. The van der Waals surface area contributed by atoms with E-state index in [0.717, 1.165) is 19.4 Å². The lowest BCUT2D eigenvalue weighted by molar-refractivity contribution is 0.131. The van der Waals surface area contributed by atoms with Crippen molar-refractivity contribution in [1.82, 2.24) is 10.2 Å². The molecule has 0 radical (unpaired) electrons. The molecule has 0 aromatic heterocycles. The summed E-state index contributed by atoms with van der Waals surface area (Å²) < 4.78 is 0. The third-order valence-electron chi connectivity index (χ3n) is 1.42. The number of aliphatic hydroxyl groups is 1. The van der Waals surface area contributed by atoms with Crippen LogP contribution < -0.4 is 5.32 Å². The van der Waals surface area contributed by atoms with Crippen LogP contribution in [0, 0.1) is 0 Å². The number of rotatable bonds is 5. The third-order valence-corrected chi connectivity index (χ3v) is 1.42. The molecule has 0 amide bonds. The first-order valence-electron chi connectivity index (χ1n) is 3.67. The number of nitrogens with one attached hydrogen (secondary N) is 1. The predicted octanol–water partition coefficient (Wildman–Crippen LogP) is -0.134. The molecule has 0 saturated carbocycles. The van der Waals surface area contributed by atoms with Crippen molar-refractivity contribution in [1.29, 1.82) is 0 Å². The first-order chi connectivity index (χ1) is 4.66. The molecule has 0 aliphatic rings. The summed E-state index contributed by atoms with van der Waals surface area (Å²) in [5.74, 6) is 0. The average molecular weight is 146 g/mol. The van der Waals surface area contributed by atoms with E-state index in [0.29, 0.717) is 0 Å². The summed E-state index contributed by atoms with van der Waals surface area (Å²) in [6.45, 7) is 1.04. The highest BCUT2D eigenvalue weighted by Gasteiger charge is 1.98. The molecule has 1 unspecified atom stereocenters. The first kappa shape index (κ1) is 9.88. The number of hydrogen-bond acceptors (Lipinski definition) is 3. The Morgan fingerprint density at radius 1 is 1.50 bits per heavy atom. The minimum atomic E-state index is -0.333. The average Bonchev–Trinajstić information content (AvgIpc) is 1.87. The summed E-state index contributed by atoms with van der Waals surface area (Å²) in [6.07, 6.45) is 1.53. The lowest BCUT2D eigenvalue weighted by atomic mass is 10.3. The van der Waals surface area contributed by atoms with Crippen molar-refractivity contribution in [3.63, 3.8) is 0 Å². The molecule has 0 aromatic carbocycles. The zero-order valence-electron chi connectivity index (χ0n) is 7.09. The zero-order chi connectivity index (χ0) is 7.98. The SMILES string of the molecule is CNC(O)CCCN(C)C. The predicted molar refractivity (Wildman–Crippen MR) is 42.9 cm³/mol. The van der Waals surface area contributed by atoms with Crippen molar-refractivity contribution in [3.8, 4) is 0 Å². The van der Waals surface area contributed by atoms with Gasteiger partial charge < -0.3 is 10.0 Å². The summed E-state index contributed by atoms with van der Waals surface area (Å²) in [7, 11) is 5.83. The van der Waals surface area contributed by atoms with Crippen LogP contribution in [0.15, 0.2) is 0 Å². The summed E-state index contributed by atoms with van der Waals surface area (Å²) in [4.78, 5) is 2.11. The normalized spacial score (nSPS) is 14.1. The molecule has 3 nitrogen and oxygen atoms in total. The molecule has 0 heterocycles. The number of aliphatic hydroxyl groups excluding tert-OH is 1. The van der Waals surface area contributed by atoms with Crippen molar-refractivity contribution in [2.45, 2.75) is 19.1 Å². The molecule has 0 bridgehead atoms. The van der Waals surface area contributed by atoms with Gasteiger partial charge in [0.2, 0.25) is 0 Å². The van der Waals surface area contributed by atoms with Crippen molar-refractivity contribution >= 4 is 0 Å². The van der Waals surface area contributed by atoms with Gasteiger partial charge in [0.15, 0.2) is 0 Å². The van der Waals surface area contributed by atoms with E-state index in [1.807, 2.05) is 14.1 Å². The van der Waals surface area contributed by atoms with Gasteiger partial charge in [-0.3, -0.25) is 5.32 Å². The summed E-state index contributed by atoms with van der Waals surface area (Å²) in [5, 5.41) is 11.8. The van der Waals surface area contributed by atoms with Gasteiger partial charge in [0.05, 0.1) is 0 Å². The van der Waals surface area contributed by atoms with E-state index in [1.54, 1.807) is 7.05 Å². The largest absolute Gasteiger partial charge is 0.379 e. The van der Waals surface area contributed by atoms with Gasteiger partial charge in [-0.25, -0.2) is 0 Å². The van der Waals surface area contributed by atoms with Gasteiger partial charge in [-0.1, -0.05) is 0 Å². The Labute approximate surface area is 63.0 Å². The second kappa shape index (κ2) is 5.65. The van der Waals surface area contributed by atoms with Gasteiger partial charge in [0.1, 0.15) is 6.23 Å². The van der Waals surface area contributed by atoms with E-state index in [4.69, 9.17) is 5.11 Å². The van der Waals surface area contributed by atoms with Crippen LogP contribution in [0.25, 0.3) is 0 Å². The van der Waals surface area contributed by atoms with E-state index in [2.05, 4.69) is 10.2 Å². The van der Waals surface area contributed by atoms with Gasteiger partial charge in [0.25, 0.3) is 0 Å². The second-order valence-corrected chi connectivity index (χ2v) is 2.75. The Morgan fingerprint density at radius 2 is 2.10 bits per heavy atom. The molecule has 0 rings (SSSR count). The third kappa shape index (κ3) is 6.01. The standard InChI is InChI=1S/C7H18N2O/c1-8-7(10)5-4-6-9(2)3/h7-8,10H,4-6H2,1-3H3. The summed E-state index contributed by atoms with van der Waals surface area (Å²) in [6, 6.07) is 0. The minimum absolute atomic E-state index is 0.333. The highest BCUT2D eigenvalue weighted by molar-refractivity contribution is 4.51. The molecule has 0 fully saturated rings. The lowest BCUT2D eigenvalue weighted by Crippen LogP contribution is -2.25. The van der Waals surface area contributed by atoms with Crippen molar-refractivity contribution < 1.29 is 5.11 Å². The molecule has 62 valence electrons. The molecule has 1 atom stereocenters. The fraction of sp³-hybridized carbons (Fsp3) is 1.00. The number of nitrogens with zero attached hydrogens (tertiary/aromatic N) is 1. The van der Waals surface area contributed by atoms with E-state index in [9.17, 15) is 0 Å². The molecule has 0 aromatic rings. The fourth-order valence-electron chi connectivity index (χ4n) is 0.745. The summed E-state index contributed by atoms with van der Waals surface area (Å²) in [5.41, 5.74) is 0. The Hall–Kier alpha value is -0.120. The van der Waals surface area contributed by atoms with Crippen molar-refractivity contribution in [3.05, 3.63) is 0 Å². The Kier molecular flexibility index (Phi) is 5.58. The number of hydrogen-bond donors (Lipinski definition) is 2. The van der Waals surface area contributed by atoms with Gasteiger partial charge >= 0.3 is 0 Å². The zero-order valence-corrected chi connectivity index (χ0v) is 7.09. The quantitative estimate of drug-likeness (QED) is 0.530. The maximum atomic E-state index is 9.04. The Morgan fingerprint density at radius 3 is 2.50 bits per heavy atom. The molecular formula is C7H18N2O. The highest BCUT2D eigenvalue weighted by atomic mass is 16.3. The van der Waals surface area contributed by atoms with E-state index in [-0.39, 0.29) is 6.23 Å². The van der Waals surface area contributed by atoms with Crippen LogP contribution in [0.1, 0.15) is 12.8 Å². The smallest absolute Gasteiger partial charge is 0.104 e. The molecule has 3 heteroatoms. The monoisotopic (exact) mass is 146 g/mol. The van der Waals surface area contributed by atoms with Crippen LogP contribution in [-0.2, 0) is 0 Å². The Bertz CT molecular complexity index is 76.0. The molecule has 0 saturated heterocycles. The summed E-state index contributed by atoms with van der Waals surface area (Å²) >= 11 is 0. The van der Waals surface area contributed by atoms with Crippen LogP contribution in [0.4, 0.5) is 0 Å². The van der Waals surface area contributed by atoms with Crippen LogP contribution in [-0.4, -0.2) is 43.9 Å². The molecule has 0 spiro atoms. The van der Waals surface area contributed by atoms with Gasteiger partial charge in [-0.05, 0) is 40.5 Å². The molecule has 0 aliphatic carbocycles. The lowest BCUT2D eigenvalue weighted by Gasteiger charge is -2.11. The van der Waals surface area contributed by atoms with Crippen molar-refractivity contribution in [2.75, 3.05) is 27.7 Å². The van der Waals surface area contributed by atoms with E-state index < -0.39 is 0 Å². The molecule has 2 N–H and O–H groups in total. The van der Waals surface area contributed by atoms with Crippen molar-refractivity contribution in [2.24, 2.45) is 0 Å². The Balaban J connectivity index is 3.03. The van der Waals surface area contributed by atoms with E-state index >= 15 is 0 Å². The fourth-order valence-corrected chi connectivity index (χ4v) is 0.745. The maximum Gasteiger partial charge on any atom is 0.104 e. The second-order valence-electron chi connectivity index (χ2n) is 2.75. The highest BCUT2D eigenvalue weighted by Crippen LogP contribution is 1.93. The minimum Gasteiger partial charge on any atom is -0.379 e. The van der Waals surface area contributed by atoms with Gasteiger partial charge in [-0.15, -0.1) is 0 Å². The van der Waals surface area contributed by atoms with Gasteiger partial charge in [-0.2, -0.15) is 0 Å². The molecule has 10 heavy (non-hydrogen) atoms. The van der Waals surface area contributed by atoms with Crippen LogP contribution >= 0.6 is 0 Å². The maximum absolute atomic E-state index is 9.04. The van der Waals surface area contributed by atoms with Crippen LogP contribution in [0.5, 0.6) is 0 Å². The van der Waals surface area contributed by atoms with Crippen LogP contribution in [0.2, 0.25) is 0 Å². The van der Waals surface area contributed by atoms with Crippen LogP contribution in [0.3, 0.4) is 0 Å². The van der Waals surface area contributed by atoms with E-state index in [1.165, 1.54) is 0 Å². The van der Waals surface area contributed by atoms with Gasteiger partial charge in [0, 0.05) is 0 Å². The molecule has 0 aliphatic heterocycles.